The Hall–Kier alpha value is -3.65. The summed E-state index contributed by atoms with van der Waals surface area (Å²) in [6.45, 7) is 2.02. The van der Waals surface area contributed by atoms with Crippen molar-refractivity contribution in [3.63, 3.8) is 0 Å². The highest BCUT2D eigenvalue weighted by atomic mass is 16.1. The van der Waals surface area contributed by atoms with Crippen LogP contribution >= 0.6 is 0 Å². The van der Waals surface area contributed by atoms with Crippen LogP contribution in [0.4, 0.5) is 0 Å². The molecule has 1 N–H and O–H groups in total. The van der Waals surface area contributed by atoms with Crippen molar-refractivity contribution in [1.82, 2.24) is 15.1 Å². The maximum atomic E-state index is 12.4. The van der Waals surface area contributed by atoms with Gasteiger partial charge in [-0.3, -0.25) is 4.79 Å². The highest BCUT2D eigenvalue weighted by Gasteiger charge is 2.25. The Morgan fingerprint density at radius 1 is 1.18 bits per heavy atom. The molecule has 1 aromatic heterocycles. The molecule has 1 saturated carbocycles. The predicted octanol–water partition coefficient (Wildman–Crippen LogP) is 4.03. The Kier molecular flexibility index (Phi) is 4.77. The molecule has 0 radical (unpaired) electrons. The second-order valence-electron chi connectivity index (χ2n) is 6.95. The molecular weight excluding hydrogens is 348 g/mol. The van der Waals surface area contributed by atoms with Crippen molar-refractivity contribution in [2.75, 3.05) is 0 Å². The maximum absolute atomic E-state index is 12.4. The Balaban J connectivity index is 1.81. The van der Waals surface area contributed by atoms with Gasteiger partial charge in [0.1, 0.15) is 17.3 Å². The van der Waals surface area contributed by atoms with Crippen molar-refractivity contribution >= 4 is 12.0 Å². The van der Waals surface area contributed by atoms with Crippen LogP contribution in [0, 0.1) is 18.3 Å². The standard InChI is InChI=1S/C23H20N4O/c1-16-7-5-6-10-21(16)22-18(13-17(14-24)23(28)25-19-11-12-19)15-27(26-22)20-8-3-2-4-9-20/h2-10,13,15,19H,11-12H2,1H3,(H,25,28)/b17-13+. The van der Waals surface area contributed by atoms with Gasteiger partial charge in [0.2, 0.25) is 0 Å². The number of rotatable bonds is 5. The van der Waals surface area contributed by atoms with Gasteiger partial charge in [-0.1, -0.05) is 42.5 Å². The van der Waals surface area contributed by atoms with Crippen LogP contribution in [-0.2, 0) is 4.79 Å². The summed E-state index contributed by atoms with van der Waals surface area (Å²) in [6.07, 6.45) is 5.44. The van der Waals surface area contributed by atoms with Crippen LogP contribution < -0.4 is 5.32 Å². The number of benzene rings is 2. The number of para-hydroxylation sites is 1. The number of nitrogens with one attached hydrogen (secondary N) is 1. The van der Waals surface area contributed by atoms with Crippen molar-refractivity contribution in [1.29, 1.82) is 5.26 Å². The lowest BCUT2D eigenvalue weighted by atomic mass is 10.0. The van der Waals surface area contributed by atoms with Crippen LogP contribution in [-0.4, -0.2) is 21.7 Å². The molecule has 0 spiro atoms. The minimum Gasteiger partial charge on any atom is -0.349 e. The molecule has 2 aromatic carbocycles. The zero-order valence-electron chi connectivity index (χ0n) is 15.6. The van der Waals surface area contributed by atoms with Crippen molar-refractivity contribution in [2.24, 2.45) is 0 Å². The minimum atomic E-state index is -0.326. The third-order valence-corrected chi connectivity index (χ3v) is 4.74. The van der Waals surface area contributed by atoms with Crippen molar-refractivity contribution < 1.29 is 4.79 Å². The van der Waals surface area contributed by atoms with E-state index in [2.05, 4.69) is 5.32 Å². The lowest BCUT2D eigenvalue weighted by Crippen LogP contribution is -2.26. The van der Waals surface area contributed by atoms with Gasteiger partial charge in [-0.15, -0.1) is 0 Å². The van der Waals surface area contributed by atoms with E-state index in [1.54, 1.807) is 10.8 Å². The summed E-state index contributed by atoms with van der Waals surface area (Å²) in [5.74, 6) is -0.326. The van der Waals surface area contributed by atoms with E-state index in [9.17, 15) is 10.1 Å². The van der Waals surface area contributed by atoms with Crippen molar-refractivity contribution in [3.05, 3.63) is 77.5 Å². The van der Waals surface area contributed by atoms with Gasteiger partial charge < -0.3 is 5.32 Å². The Bertz CT molecular complexity index is 1090. The number of nitrogens with zero attached hydrogens (tertiary/aromatic N) is 3. The average molecular weight is 368 g/mol. The number of carbonyl (C=O) groups excluding carboxylic acids is 1. The number of aromatic nitrogens is 2. The zero-order valence-corrected chi connectivity index (χ0v) is 15.6. The van der Waals surface area contributed by atoms with E-state index in [0.717, 1.165) is 40.9 Å². The Labute approximate surface area is 163 Å². The number of hydrogen-bond acceptors (Lipinski definition) is 3. The second-order valence-corrected chi connectivity index (χ2v) is 6.95. The quantitative estimate of drug-likeness (QED) is 0.546. The molecule has 0 unspecified atom stereocenters. The molecule has 5 heteroatoms. The van der Waals surface area contributed by atoms with Crippen molar-refractivity contribution in [2.45, 2.75) is 25.8 Å². The molecule has 0 atom stereocenters. The molecule has 5 nitrogen and oxygen atoms in total. The summed E-state index contributed by atoms with van der Waals surface area (Å²) in [5, 5.41) is 17.2. The molecule has 0 aliphatic heterocycles. The maximum Gasteiger partial charge on any atom is 0.262 e. The van der Waals surface area contributed by atoms with E-state index in [4.69, 9.17) is 5.10 Å². The summed E-state index contributed by atoms with van der Waals surface area (Å²) in [7, 11) is 0. The van der Waals surface area contributed by atoms with Crippen LogP contribution in [0.3, 0.4) is 0 Å². The molecule has 1 amide bonds. The van der Waals surface area contributed by atoms with Gasteiger partial charge in [-0.2, -0.15) is 10.4 Å². The van der Waals surface area contributed by atoms with Crippen LogP contribution in [0.1, 0.15) is 24.0 Å². The fourth-order valence-corrected chi connectivity index (χ4v) is 3.05. The number of carbonyl (C=O) groups is 1. The SMILES string of the molecule is Cc1ccccc1-c1nn(-c2ccccc2)cc1/C=C(\C#N)C(=O)NC1CC1. The molecular formula is C23H20N4O. The van der Waals surface area contributed by atoms with Gasteiger partial charge >= 0.3 is 0 Å². The first-order valence-corrected chi connectivity index (χ1v) is 9.29. The highest BCUT2D eigenvalue weighted by Crippen LogP contribution is 2.28. The number of nitriles is 1. The fraction of sp³-hybridized carbons (Fsp3) is 0.174. The van der Waals surface area contributed by atoms with Gasteiger partial charge in [0.05, 0.1) is 5.69 Å². The first kappa shape index (κ1) is 17.7. The number of aryl methyl sites for hydroxylation is 1. The molecule has 1 heterocycles. The molecule has 3 aromatic rings. The van der Waals surface area contributed by atoms with E-state index in [1.165, 1.54) is 0 Å². The molecule has 0 bridgehead atoms. The summed E-state index contributed by atoms with van der Waals surface area (Å²) in [4.78, 5) is 12.4. The number of amides is 1. The summed E-state index contributed by atoms with van der Waals surface area (Å²) >= 11 is 0. The molecule has 28 heavy (non-hydrogen) atoms. The zero-order chi connectivity index (χ0) is 19.5. The van der Waals surface area contributed by atoms with Crippen LogP contribution in [0.25, 0.3) is 23.0 Å². The first-order valence-electron chi connectivity index (χ1n) is 9.29. The van der Waals surface area contributed by atoms with E-state index < -0.39 is 0 Å². The minimum absolute atomic E-state index is 0.0920. The molecule has 1 aliphatic rings. The first-order chi connectivity index (χ1) is 13.7. The second kappa shape index (κ2) is 7.53. The van der Waals surface area contributed by atoms with Crippen LogP contribution in [0.15, 0.2) is 66.4 Å². The Morgan fingerprint density at radius 2 is 1.89 bits per heavy atom. The molecule has 1 fully saturated rings. The van der Waals surface area contributed by atoms with Gasteiger partial charge in [-0.05, 0) is 43.5 Å². The fourth-order valence-electron chi connectivity index (χ4n) is 3.05. The molecule has 1 aliphatic carbocycles. The van der Waals surface area contributed by atoms with Crippen LogP contribution in [0.2, 0.25) is 0 Å². The van der Waals surface area contributed by atoms with E-state index >= 15 is 0 Å². The molecule has 138 valence electrons. The third kappa shape index (κ3) is 3.72. The van der Waals surface area contributed by atoms with Gasteiger partial charge in [-0.25, -0.2) is 4.68 Å². The van der Waals surface area contributed by atoms with E-state index in [1.807, 2.05) is 73.8 Å². The monoisotopic (exact) mass is 368 g/mol. The number of hydrogen-bond donors (Lipinski definition) is 1. The van der Waals surface area contributed by atoms with Crippen molar-refractivity contribution in [3.8, 4) is 23.0 Å². The van der Waals surface area contributed by atoms with E-state index in [-0.39, 0.29) is 17.5 Å². The Morgan fingerprint density at radius 3 is 2.57 bits per heavy atom. The predicted molar refractivity (Wildman–Crippen MR) is 108 cm³/mol. The smallest absolute Gasteiger partial charge is 0.262 e. The average Bonchev–Trinajstić information content (AvgIpc) is 3.43. The molecule has 4 rings (SSSR count). The normalized spacial score (nSPS) is 13.8. The van der Waals surface area contributed by atoms with Gasteiger partial charge in [0.25, 0.3) is 5.91 Å². The summed E-state index contributed by atoms with van der Waals surface area (Å²) in [6, 6.07) is 20.0. The van der Waals surface area contributed by atoms with Crippen LogP contribution in [0.5, 0.6) is 0 Å². The topological polar surface area (TPSA) is 70.7 Å². The van der Waals surface area contributed by atoms with Gasteiger partial charge in [0.15, 0.2) is 0 Å². The van der Waals surface area contributed by atoms with E-state index in [0.29, 0.717) is 0 Å². The van der Waals surface area contributed by atoms with Gasteiger partial charge in [0, 0.05) is 23.4 Å². The third-order valence-electron chi connectivity index (χ3n) is 4.74. The highest BCUT2D eigenvalue weighted by molar-refractivity contribution is 6.02. The molecule has 0 saturated heterocycles. The largest absolute Gasteiger partial charge is 0.349 e. The lowest BCUT2D eigenvalue weighted by molar-refractivity contribution is -0.117. The summed E-state index contributed by atoms with van der Waals surface area (Å²) in [5.41, 5.74) is 4.54. The lowest BCUT2D eigenvalue weighted by Gasteiger charge is -2.04. The summed E-state index contributed by atoms with van der Waals surface area (Å²) < 4.78 is 1.78.